The van der Waals surface area contributed by atoms with E-state index in [0.717, 1.165) is 17.1 Å². The molecule has 0 fully saturated rings. The average molecular weight is 888 g/mol. The van der Waals surface area contributed by atoms with Gasteiger partial charge in [0.25, 0.3) is 0 Å². The number of hydrogen-bond acceptors (Lipinski definition) is 3. The Kier molecular flexibility index (Phi) is 9.63. The first-order chi connectivity index (χ1) is 33.1. The fraction of sp³-hybridized carbons (Fsp3) is 0. The fourth-order valence-electron chi connectivity index (χ4n) is 9.75. The highest BCUT2D eigenvalue weighted by atomic mass is 32.1. The third-order valence-corrected chi connectivity index (χ3v) is 15.6. The highest BCUT2D eigenvalue weighted by molar-refractivity contribution is 7.26. The predicted octanol–water partition coefficient (Wildman–Crippen LogP) is 19.4. The Morgan fingerprint density at radius 2 is 0.507 bits per heavy atom. The van der Waals surface area contributed by atoms with Gasteiger partial charge in [-0.3, -0.25) is 0 Å². The maximum Gasteiger partial charge on any atom is 0.0462 e. The second-order valence-corrected chi connectivity index (χ2v) is 19.5. The zero-order valence-corrected chi connectivity index (χ0v) is 38.1. The molecule has 13 aromatic rings. The van der Waals surface area contributed by atoms with Crippen LogP contribution in [0.4, 0.5) is 17.1 Å². The lowest BCUT2D eigenvalue weighted by Crippen LogP contribution is -2.09. The highest BCUT2D eigenvalue weighted by Gasteiger charge is 2.15. The molecule has 1 nitrogen and oxygen atoms in total. The number of fused-ring (bicyclic) bond motifs is 7. The van der Waals surface area contributed by atoms with Crippen molar-refractivity contribution in [3.05, 3.63) is 249 Å². The van der Waals surface area contributed by atoms with Crippen molar-refractivity contribution in [2.24, 2.45) is 0 Å². The van der Waals surface area contributed by atoms with Crippen LogP contribution in [-0.2, 0) is 0 Å². The Morgan fingerprint density at radius 1 is 0.209 bits per heavy atom. The largest absolute Gasteiger partial charge is 0.311 e. The van der Waals surface area contributed by atoms with E-state index in [-0.39, 0.29) is 0 Å². The Hall–Kier alpha value is -8.08. The monoisotopic (exact) mass is 887 g/mol. The van der Waals surface area contributed by atoms with Crippen molar-refractivity contribution in [2.75, 3.05) is 4.90 Å². The van der Waals surface area contributed by atoms with Gasteiger partial charge in [-0.05, 0) is 145 Å². The molecule has 3 heteroatoms. The Labute approximate surface area is 397 Å². The summed E-state index contributed by atoms with van der Waals surface area (Å²) in [5, 5.41) is 7.81. The van der Waals surface area contributed by atoms with Gasteiger partial charge < -0.3 is 4.90 Å². The number of anilines is 3. The van der Waals surface area contributed by atoms with E-state index in [4.69, 9.17) is 0 Å². The van der Waals surface area contributed by atoms with Gasteiger partial charge in [0.15, 0.2) is 0 Å². The number of benzene rings is 11. The Bertz CT molecular complexity index is 3730. The van der Waals surface area contributed by atoms with Crippen LogP contribution in [0.5, 0.6) is 0 Å². The second kappa shape index (κ2) is 16.4. The molecule has 2 heterocycles. The molecule has 0 amide bonds. The Morgan fingerprint density at radius 3 is 0.940 bits per heavy atom. The minimum Gasteiger partial charge on any atom is -0.311 e. The molecule has 0 aliphatic rings. The molecule has 314 valence electrons. The summed E-state index contributed by atoms with van der Waals surface area (Å²) >= 11 is 3.72. The molecule has 0 unspecified atom stereocenters. The van der Waals surface area contributed by atoms with Crippen LogP contribution in [0.15, 0.2) is 249 Å². The third kappa shape index (κ3) is 7.26. The van der Waals surface area contributed by atoms with Crippen LogP contribution < -0.4 is 4.90 Å². The minimum absolute atomic E-state index is 1.10. The van der Waals surface area contributed by atoms with Gasteiger partial charge in [0.1, 0.15) is 0 Å². The van der Waals surface area contributed by atoms with Crippen LogP contribution >= 0.6 is 22.7 Å². The summed E-state index contributed by atoms with van der Waals surface area (Å²) < 4.78 is 5.33. The molecule has 0 N–H and O–H groups in total. The number of nitrogens with zero attached hydrogens (tertiary/aromatic N) is 1. The molecular formula is C64H41NS2. The molecule has 0 radical (unpaired) electrons. The van der Waals surface area contributed by atoms with Crippen LogP contribution in [0, 0.1) is 0 Å². The average Bonchev–Trinajstić information content (AvgIpc) is 3.97. The van der Waals surface area contributed by atoms with Gasteiger partial charge >= 0.3 is 0 Å². The molecule has 13 rings (SSSR count). The summed E-state index contributed by atoms with van der Waals surface area (Å²) in [6, 6.07) is 91.4. The molecule has 2 aromatic heterocycles. The van der Waals surface area contributed by atoms with Crippen molar-refractivity contribution in [1.29, 1.82) is 0 Å². The summed E-state index contributed by atoms with van der Waals surface area (Å²) in [6.45, 7) is 0. The number of rotatable bonds is 8. The lowest BCUT2D eigenvalue weighted by atomic mass is 9.98. The molecule has 0 aliphatic carbocycles. The molecule has 0 saturated carbocycles. The van der Waals surface area contributed by atoms with Crippen LogP contribution in [0.2, 0.25) is 0 Å². The highest BCUT2D eigenvalue weighted by Crippen LogP contribution is 2.41. The maximum absolute atomic E-state index is 2.36. The zero-order valence-electron chi connectivity index (χ0n) is 36.4. The SMILES string of the molecule is c1ccc2cc(-c3ccc(N(c4ccc(-c5ccc(-c6ccc7sc8ccccc8c7c6)cc5)cc4)c4ccc(-c5ccc(-c6ccc7sc8ccccc8c7c6)cc5)cc4)cc3)ccc2c1. The quantitative estimate of drug-likeness (QED) is 0.147. The molecule has 11 aromatic carbocycles. The van der Waals surface area contributed by atoms with Gasteiger partial charge in [-0.25, -0.2) is 0 Å². The maximum atomic E-state index is 2.36. The van der Waals surface area contributed by atoms with Crippen LogP contribution in [0.1, 0.15) is 0 Å². The fourth-order valence-corrected chi connectivity index (χ4v) is 11.9. The van der Waals surface area contributed by atoms with E-state index in [1.807, 2.05) is 22.7 Å². The molecule has 0 aliphatic heterocycles. The summed E-state index contributed by atoms with van der Waals surface area (Å²) in [6.07, 6.45) is 0. The number of thiophene rings is 2. The predicted molar refractivity (Wildman–Crippen MR) is 292 cm³/mol. The third-order valence-electron chi connectivity index (χ3n) is 13.3. The molecule has 0 atom stereocenters. The lowest BCUT2D eigenvalue weighted by molar-refractivity contribution is 1.28. The molecular weight excluding hydrogens is 847 g/mol. The number of hydrogen-bond donors (Lipinski definition) is 0. The van der Waals surface area contributed by atoms with Crippen LogP contribution in [0.25, 0.3) is 107 Å². The van der Waals surface area contributed by atoms with Crippen molar-refractivity contribution in [2.45, 2.75) is 0 Å². The van der Waals surface area contributed by atoms with E-state index in [2.05, 4.69) is 254 Å². The minimum atomic E-state index is 1.10. The lowest BCUT2D eigenvalue weighted by Gasteiger charge is -2.26. The first kappa shape index (κ1) is 39.3. The summed E-state index contributed by atoms with van der Waals surface area (Å²) in [4.78, 5) is 2.36. The van der Waals surface area contributed by atoms with Crippen molar-refractivity contribution < 1.29 is 0 Å². The summed E-state index contributed by atoms with van der Waals surface area (Å²) in [5.41, 5.74) is 15.4. The van der Waals surface area contributed by atoms with Crippen LogP contribution in [0.3, 0.4) is 0 Å². The molecule has 0 bridgehead atoms. The van der Waals surface area contributed by atoms with Gasteiger partial charge in [-0.15, -0.1) is 22.7 Å². The van der Waals surface area contributed by atoms with Gasteiger partial charge in [0, 0.05) is 57.4 Å². The van der Waals surface area contributed by atoms with Crippen molar-refractivity contribution in [3.63, 3.8) is 0 Å². The van der Waals surface area contributed by atoms with Crippen molar-refractivity contribution >= 4 is 90.9 Å². The van der Waals surface area contributed by atoms with E-state index >= 15 is 0 Å². The van der Waals surface area contributed by atoms with E-state index in [1.165, 1.54) is 107 Å². The second-order valence-electron chi connectivity index (χ2n) is 17.3. The van der Waals surface area contributed by atoms with E-state index < -0.39 is 0 Å². The van der Waals surface area contributed by atoms with Crippen molar-refractivity contribution in [1.82, 2.24) is 0 Å². The summed E-state index contributed by atoms with van der Waals surface area (Å²) in [7, 11) is 0. The van der Waals surface area contributed by atoms with Gasteiger partial charge in [0.05, 0.1) is 0 Å². The molecule has 0 spiro atoms. The van der Waals surface area contributed by atoms with E-state index in [0.29, 0.717) is 0 Å². The summed E-state index contributed by atoms with van der Waals surface area (Å²) in [5.74, 6) is 0. The standard InChI is InChI=1S/C64H41NS2/c1-2-8-50-39-51(22-21-42(50)7-1)49-27-35-56(36-28-49)65(54-31-23-45(24-32-54)43-13-17-47(18-14-43)52-29-37-63-59(40-52)57-9-3-5-11-61(57)66-63)55-33-25-46(26-34-55)44-15-19-48(20-16-44)53-30-38-64-60(41-53)58-10-4-6-12-62(58)67-64/h1-41H. The smallest absolute Gasteiger partial charge is 0.0462 e. The topological polar surface area (TPSA) is 3.24 Å². The zero-order chi connectivity index (χ0) is 44.3. The van der Waals surface area contributed by atoms with Crippen molar-refractivity contribution in [3.8, 4) is 55.6 Å². The van der Waals surface area contributed by atoms with Gasteiger partial charge in [-0.2, -0.15) is 0 Å². The van der Waals surface area contributed by atoms with E-state index in [9.17, 15) is 0 Å². The first-order valence-electron chi connectivity index (χ1n) is 22.8. The van der Waals surface area contributed by atoms with Crippen LogP contribution in [-0.4, -0.2) is 0 Å². The Balaban J connectivity index is 0.802. The van der Waals surface area contributed by atoms with Gasteiger partial charge in [-0.1, -0.05) is 170 Å². The van der Waals surface area contributed by atoms with E-state index in [1.54, 1.807) is 0 Å². The van der Waals surface area contributed by atoms with Gasteiger partial charge in [0.2, 0.25) is 0 Å². The first-order valence-corrected chi connectivity index (χ1v) is 24.4. The normalized spacial score (nSPS) is 11.6. The molecule has 67 heavy (non-hydrogen) atoms. The molecule has 0 saturated heterocycles.